The summed E-state index contributed by atoms with van der Waals surface area (Å²) in [5.41, 5.74) is 0. The molecule has 0 radical (unpaired) electrons. The van der Waals surface area contributed by atoms with Crippen LogP contribution >= 0.6 is 0 Å². The zero-order chi connectivity index (χ0) is 36.6. The zero-order valence-electron chi connectivity index (χ0n) is 32.4. The largest absolute Gasteiger partial charge is 0.465 e. The quantitative estimate of drug-likeness (QED) is 0.0301. The first-order chi connectivity index (χ1) is 24.5. The molecule has 0 aromatic heterocycles. The number of nitrogens with one attached hydrogen (secondary N) is 1. The van der Waals surface area contributed by atoms with Crippen LogP contribution in [0, 0.1) is 5.92 Å². The molecule has 0 amide bonds. The standard InChI is InChI=1S/C43H75NO6/c1-4-6-8-10-12-14-16-18-20-22-24-26-28-30-32-34-41(45)48-37-40(39-50-43(47)36-44-3)38-49-42(46)35-33-31-29-27-25-23-21-19-17-15-13-11-9-7-5-2/h12-15,18-21,40,44H,4-11,16-17,22-39H2,1-3H3/b14-12-,15-13-,20-18-,21-19-. The molecule has 0 saturated carbocycles. The number of unbranched alkanes of at least 4 members (excludes halogenated alkanes) is 16. The summed E-state index contributed by atoms with van der Waals surface area (Å²) in [6, 6.07) is 0. The first kappa shape index (κ1) is 47.3. The van der Waals surface area contributed by atoms with Gasteiger partial charge in [0.15, 0.2) is 0 Å². The van der Waals surface area contributed by atoms with Crippen molar-refractivity contribution in [1.29, 1.82) is 0 Å². The summed E-state index contributed by atoms with van der Waals surface area (Å²) in [5, 5.41) is 2.76. The Hall–Kier alpha value is -2.67. The molecule has 0 aliphatic heterocycles. The summed E-state index contributed by atoms with van der Waals surface area (Å²) in [6.07, 6.45) is 43.7. The highest BCUT2D eigenvalue weighted by molar-refractivity contribution is 5.71. The van der Waals surface area contributed by atoms with E-state index in [-0.39, 0.29) is 38.3 Å². The molecule has 0 rings (SSSR count). The van der Waals surface area contributed by atoms with Gasteiger partial charge in [-0.15, -0.1) is 0 Å². The Morgan fingerprint density at radius 1 is 0.460 bits per heavy atom. The monoisotopic (exact) mass is 702 g/mol. The molecule has 0 spiro atoms. The van der Waals surface area contributed by atoms with Crippen LogP contribution in [-0.2, 0) is 28.6 Å². The van der Waals surface area contributed by atoms with Crippen LogP contribution in [0.5, 0.6) is 0 Å². The van der Waals surface area contributed by atoms with Crippen LogP contribution in [0.4, 0.5) is 0 Å². The van der Waals surface area contributed by atoms with E-state index in [1.54, 1.807) is 7.05 Å². The summed E-state index contributed by atoms with van der Waals surface area (Å²) in [7, 11) is 1.67. The van der Waals surface area contributed by atoms with E-state index in [0.717, 1.165) is 77.0 Å². The van der Waals surface area contributed by atoms with Gasteiger partial charge in [-0.05, 0) is 84.1 Å². The molecule has 0 aromatic rings. The van der Waals surface area contributed by atoms with Gasteiger partial charge >= 0.3 is 17.9 Å². The van der Waals surface area contributed by atoms with Gasteiger partial charge in [0.05, 0.1) is 12.5 Å². The first-order valence-electron chi connectivity index (χ1n) is 20.2. The third-order valence-electron chi connectivity index (χ3n) is 8.42. The number of hydrogen-bond donors (Lipinski definition) is 1. The van der Waals surface area contributed by atoms with Crippen molar-refractivity contribution >= 4 is 17.9 Å². The van der Waals surface area contributed by atoms with Gasteiger partial charge in [-0.25, -0.2) is 0 Å². The summed E-state index contributed by atoms with van der Waals surface area (Å²) < 4.78 is 16.2. The fourth-order valence-electron chi connectivity index (χ4n) is 5.28. The number of ether oxygens (including phenoxy) is 3. The molecule has 0 bridgehead atoms. The predicted octanol–water partition coefficient (Wildman–Crippen LogP) is 11.1. The first-order valence-corrected chi connectivity index (χ1v) is 20.2. The summed E-state index contributed by atoms with van der Waals surface area (Å²) >= 11 is 0. The molecule has 1 N–H and O–H groups in total. The fourth-order valence-corrected chi connectivity index (χ4v) is 5.28. The number of allylic oxidation sites excluding steroid dienone is 8. The van der Waals surface area contributed by atoms with Gasteiger partial charge in [0, 0.05) is 12.8 Å². The van der Waals surface area contributed by atoms with Crippen LogP contribution in [0.3, 0.4) is 0 Å². The average molecular weight is 702 g/mol. The molecular weight excluding hydrogens is 626 g/mol. The topological polar surface area (TPSA) is 90.9 Å². The fraction of sp³-hybridized carbons (Fsp3) is 0.744. The minimum Gasteiger partial charge on any atom is -0.465 e. The van der Waals surface area contributed by atoms with Crippen LogP contribution in [0.15, 0.2) is 48.6 Å². The van der Waals surface area contributed by atoms with E-state index in [9.17, 15) is 14.4 Å². The lowest BCUT2D eigenvalue weighted by Crippen LogP contribution is -2.29. The molecule has 0 unspecified atom stereocenters. The molecule has 7 nitrogen and oxygen atoms in total. The van der Waals surface area contributed by atoms with E-state index in [2.05, 4.69) is 67.8 Å². The van der Waals surface area contributed by atoms with E-state index >= 15 is 0 Å². The Labute approximate surface area is 307 Å². The number of hydrogen-bond acceptors (Lipinski definition) is 7. The lowest BCUT2D eigenvalue weighted by Gasteiger charge is -2.17. The minimum atomic E-state index is -0.398. The predicted molar refractivity (Wildman–Crippen MR) is 209 cm³/mol. The van der Waals surface area contributed by atoms with Gasteiger partial charge in [0.25, 0.3) is 0 Å². The molecule has 0 aromatic carbocycles. The molecule has 0 atom stereocenters. The van der Waals surface area contributed by atoms with Gasteiger partial charge in [-0.1, -0.05) is 127 Å². The average Bonchev–Trinajstić information content (AvgIpc) is 3.11. The van der Waals surface area contributed by atoms with Crippen molar-refractivity contribution in [2.45, 2.75) is 168 Å². The molecule has 0 heterocycles. The maximum absolute atomic E-state index is 12.4. The van der Waals surface area contributed by atoms with E-state index in [0.29, 0.717) is 12.8 Å². The molecule has 288 valence electrons. The van der Waals surface area contributed by atoms with Crippen LogP contribution in [0.25, 0.3) is 0 Å². The summed E-state index contributed by atoms with van der Waals surface area (Å²) in [4.78, 5) is 36.6. The Balaban J connectivity index is 4.06. The van der Waals surface area contributed by atoms with Crippen LogP contribution < -0.4 is 5.32 Å². The highest BCUT2D eigenvalue weighted by Gasteiger charge is 2.17. The SMILES string of the molecule is CCCCC/C=C\C/C=C\CCCCCCCC(=O)OCC(COC(=O)CCCCCCC/C=C\C/C=C\CCCCC)COC(=O)CNC. The third-order valence-corrected chi connectivity index (χ3v) is 8.42. The molecule has 0 aliphatic carbocycles. The maximum atomic E-state index is 12.4. The van der Waals surface area contributed by atoms with E-state index in [4.69, 9.17) is 14.2 Å². The van der Waals surface area contributed by atoms with Gasteiger partial charge in [-0.2, -0.15) is 0 Å². The molecule has 0 saturated heterocycles. The number of esters is 3. The molecule has 50 heavy (non-hydrogen) atoms. The van der Waals surface area contributed by atoms with Gasteiger partial charge < -0.3 is 19.5 Å². The van der Waals surface area contributed by atoms with Crippen molar-refractivity contribution in [3.05, 3.63) is 48.6 Å². The van der Waals surface area contributed by atoms with Crippen molar-refractivity contribution in [1.82, 2.24) is 5.32 Å². The lowest BCUT2D eigenvalue weighted by molar-refractivity contribution is -0.153. The highest BCUT2D eigenvalue weighted by Crippen LogP contribution is 2.12. The van der Waals surface area contributed by atoms with Crippen LogP contribution in [0.2, 0.25) is 0 Å². The summed E-state index contributed by atoms with van der Waals surface area (Å²) in [6.45, 7) is 4.71. The van der Waals surface area contributed by atoms with Crippen LogP contribution in [-0.4, -0.2) is 51.3 Å². The Morgan fingerprint density at radius 2 is 0.800 bits per heavy atom. The van der Waals surface area contributed by atoms with Gasteiger partial charge in [0.2, 0.25) is 0 Å². The number of carbonyl (C=O) groups is 3. The molecule has 0 fully saturated rings. The molecule has 7 heteroatoms. The van der Waals surface area contributed by atoms with Crippen molar-refractivity contribution in [2.75, 3.05) is 33.4 Å². The third kappa shape index (κ3) is 36.6. The number of rotatable bonds is 36. The zero-order valence-corrected chi connectivity index (χ0v) is 32.4. The highest BCUT2D eigenvalue weighted by atomic mass is 16.6. The number of carbonyl (C=O) groups excluding carboxylic acids is 3. The second-order valence-electron chi connectivity index (χ2n) is 13.4. The lowest BCUT2D eigenvalue weighted by atomic mass is 10.1. The Morgan fingerprint density at radius 3 is 1.18 bits per heavy atom. The second kappa shape index (κ2) is 39.1. The van der Waals surface area contributed by atoms with Crippen molar-refractivity contribution in [3.8, 4) is 0 Å². The smallest absolute Gasteiger partial charge is 0.319 e. The summed E-state index contributed by atoms with van der Waals surface area (Å²) in [5.74, 6) is -1.32. The molecular formula is C43H75NO6. The Bertz CT molecular complexity index is 847. The normalized spacial score (nSPS) is 11.9. The number of likely N-dealkylation sites (N-methyl/N-ethyl adjacent to an activating group) is 1. The van der Waals surface area contributed by atoms with Crippen LogP contribution in [0.1, 0.15) is 168 Å². The maximum Gasteiger partial charge on any atom is 0.319 e. The minimum absolute atomic E-state index is 0.0362. The van der Waals surface area contributed by atoms with E-state index in [1.807, 2.05) is 0 Å². The van der Waals surface area contributed by atoms with Gasteiger partial charge in [0.1, 0.15) is 19.8 Å². The Kier molecular flexibility index (Phi) is 37.0. The van der Waals surface area contributed by atoms with Gasteiger partial charge in [-0.3, -0.25) is 14.4 Å². The van der Waals surface area contributed by atoms with E-state index < -0.39 is 11.9 Å². The van der Waals surface area contributed by atoms with Crippen molar-refractivity contribution in [2.24, 2.45) is 5.92 Å². The van der Waals surface area contributed by atoms with Crippen molar-refractivity contribution in [3.63, 3.8) is 0 Å². The van der Waals surface area contributed by atoms with Crippen molar-refractivity contribution < 1.29 is 28.6 Å². The van der Waals surface area contributed by atoms with E-state index in [1.165, 1.54) is 64.2 Å². The molecule has 0 aliphatic rings. The second-order valence-corrected chi connectivity index (χ2v) is 13.4.